The molecule has 0 radical (unpaired) electrons. The lowest BCUT2D eigenvalue weighted by Crippen LogP contribution is -2.61. The van der Waals surface area contributed by atoms with Crippen LogP contribution in [0, 0.1) is 5.41 Å². The minimum absolute atomic E-state index is 0. The van der Waals surface area contributed by atoms with Gasteiger partial charge in [-0.25, -0.2) is 0 Å². The van der Waals surface area contributed by atoms with Crippen LogP contribution in [0.25, 0.3) is 0 Å². The van der Waals surface area contributed by atoms with E-state index in [0.717, 1.165) is 0 Å². The van der Waals surface area contributed by atoms with E-state index in [1.807, 2.05) is 0 Å². The van der Waals surface area contributed by atoms with Crippen LogP contribution >= 0.6 is 24.0 Å². The molecule has 0 aliphatic carbocycles. The molecule has 0 bridgehead atoms. The molecule has 1 aromatic rings. The second-order valence-electron chi connectivity index (χ2n) is 5.14. The summed E-state index contributed by atoms with van der Waals surface area (Å²) in [6.45, 7) is -0.513. The normalized spacial score (nSPS) is 32.8. The molecule has 0 amide bonds. The van der Waals surface area contributed by atoms with Crippen molar-refractivity contribution in [1.82, 2.24) is 0 Å². The number of aliphatic hydroxyl groups excluding tert-OH is 4. The van der Waals surface area contributed by atoms with Crippen LogP contribution in [-0.2, 0) is 4.74 Å². The zero-order chi connectivity index (χ0) is 15.6. The van der Waals surface area contributed by atoms with Crippen molar-refractivity contribution in [1.29, 1.82) is 5.41 Å². The summed E-state index contributed by atoms with van der Waals surface area (Å²) in [6.07, 6.45) is -6.37. The van der Waals surface area contributed by atoms with Gasteiger partial charge in [0.2, 0.25) is 0 Å². The third-order valence-corrected chi connectivity index (χ3v) is 3.75. The molecule has 7 nitrogen and oxygen atoms in total. The van der Waals surface area contributed by atoms with Crippen molar-refractivity contribution in [3.63, 3.8) is 0 Å². The van der Waals surface area contributed by atoms with Crippen LogP contribution in [0.15, 0.2) is 30.3 Å². The van der Waals surface area contributed by atoms with Crippen LogP contribution in [0.5, 0.6) is 0 Å². The summed E-state index contributed by atoms with van der Waals surface area (Å²) in [6, 6.07) is 8.78. The highest BCUT2D eigenvalue weighted by Gasteiger charge is 2.47. The Labute approximate surface area is 145 Å². The molecule has 0 spiro atoms. The molecule has 1 saturated heterocycles. The quantitative estimate of drug-likeness (QED) is 0.212. The first kappa shape index (κ1) is 19.3. The zero-order valence-electron chi connectivity index (χ0n) is 11.7. The SMILES string of the molecule is I.N=C(N)C(c1ccccc1)[C@H]1O[C@H](CO)[C@@H](O)[C@H](O)[C@@H]1O. The molecule has 1 aliphatic rings. The first-order valence-corrected chi connectivity index (χ1v) is 6.66. The summed E-state index contributed by atoms with van der Waals surface area (Å²) in [7, 11) is 0. The van der Waals surface area contributed by atoms with Gasteiger partial charge in [0, 0.05) is 0 Å². The highest BCUT2D eigenvalue weighted by Crippen LogP contribution is 2.31. The number of benzene rings is 1. The predicted molar refractivity (Wildman–Crippen MR) is 90.3 cm³/mol. The molecule has 8 heteroatoms. The molecule has 124 valence electrons. The fraction of sp³-hybridized carbons (Fsp3) is 0.500. The molecule has 2 rings (SSSR count). The first-order chi connectivity index (χ1) is 9.97. The molecule has 22 heavy (non-hydrogen) atoms. The molecule has 6 atom stereocenters. The lowest BCUT2D eigenvalue weighted by molar-refractivity contribution is -0.230. The summed E-state index contributed by atoms with van der Waals surface area (Å²) < 4.78 is 5.48. The largest absolute Gasteiger partial charge is 0.394 e. The topological polar surface area (TPSA) is 140 Å². The van der Waals surface area contributed by atoms with E-state index in [4.69, 9.17) is 15.9 Å². The summed E-state index contributed by atoms with van der Waals surface area (Å²) in [5, 5.41) is 46.7. The number of aliphatic hydroxyl groups is 4. The zero-order valence-corrected chi connectivity index (χ0v) is 14.1. The Hall–Kier alpha value is -0.780. The smallest absolute Gasteiger partial charge is 0.111 e. The third kappa shape index (κ3) is 3.76. The van der Waals surface area contributed by atoms with Gasteiger partial charge in [0.05, 0.1) is 12.5 Å². The number of amidine groups is 1. The number of hydrogen-bond donors (Lipinski definition) is 6. The van der Waals surface area contributed by atoms with Crippen LogP contribution in [0.4, 0.5) is 0 Å². The van der Waals surface area contributed by atoms with E-state index in [2.05, 4.69) is 0 Å². The molecule has 1 heterocycles. The Morgan fingerprint density at radius 3 is 2.23 bits per heavy atom. The van der Waals surface area contributed by atoms with Gasteiger partial charge in [0.1, 0.15) is 36.4 Å². The molecule has 7 N–H and O–H groups in total. The van der Waals surface area contributed by atoms with Crippen molar-refractivity contribution in [2.45, 2.75) is 36.4 Å². The van der Waals surface area contributed by atoms with Gasteiger partial charge in [0.25, 0.3) is 0 Å². The van der Waals surface area contributed by atoms with Gasteiger partial charge < -0.3 is 30.9 Å². The van der Waals surface area contributed by atoms with Crippen LogP contribution in [-0.4, -0.2) is 63.4 Å². The average molecular weight is 424 g/mol. The van der Waals surface area contributed by atoms with E-state index in [1.54, 1.807) is 30.3 Å². The fourth-order valence-corrected chi connectivity index (χ4v) is 2.61. The third-order valence-electron chi connectivity index (χ3n) is 3.75. The molecular weight excluding hydrogens is 403 g/mol. The maximum absolute atomic E-state index is 10.1. The number of ether oxygens (including phenoxy) is 1. The van der Waals surface area contributed by atoms with Gasteiger partial charge in [0.15, 0.2) is 0 Å². The van der Waals surface area contributed by atoms with Crippen molar-refractivity contribution in [2.24, 2.45) is 5.73 Å². The number of rotatable bonds is 4. The molecule has 1 aliphatic heterocycles. The minimum atomic E-state index is -1.48. The Morgan fingerprint density at radius 1 is 1.14 bits per heavy atom. The van der Waals surface area contributed by atoms with Crippen LogP contribution in [0.2, 0.25) is 0 Å². The molecule has 0 aromatic heterocycles. The van der Waals surface area contributed by atoms with E-state index in [0.29, 0.717) is 5.56 Å². The van der Waals surface area contributed by atoms with E-state index >= 15 is 0 Å². The standard InChI is InChI=1S/C14H20N2O5.HI/c15-14(16)9(7-4-2-1-3-5-7)13-12(20)11(19)10(18)8(6-17)21-13;/h1-5,8-13,17-20H,6H2,(H3,15,16);1H/t8-,9?,10-,11+,12+,13-;/m1./s1. The highest BCUT2D eigenvalue weighted by molar-refractivity contribution is 14.0. The van der Waals surface area contributed by atoms with Crippen molar-refractivity contribution in [2.75, 3.05) is 6.61 Å². The predicted octanol–water partition coefficient (Wildman–Crippen LogP) is -0.833. The number of nitrogens with one attached hydrogen (secondary N) is 1. The van der Waals surface area contributed by atoms with E-state index in [-0.39, 0.29) is 29.8 Å². The second-order valence-corrected chi connectivity index (χ2v) is 5.14. The van der Waals surface area contributed by atoms with Gasteiger partial charge in [-0.15, -0.1) is 24.0 Å². The molecule has 1 fully saturated rings. The molecule has 0 saturated carbocycles. The van der Waals surface area contributed by atoms with Gasteiger partial charge in [-0.1, -0.05) is 30.3 Å². The Bertz CT molecular complexity index is 487. The summed E-state index contributed by atoms with van der Waals surface area (Å²) in [5.41, 5.74) is 6.26. The van der Waals surface area contributed by atoms with E-state index < -0.39 is 43.0 Å². The maximum Gasteiger partial charge on any atom is 0.111 e. The Kier molecular flexibility index (Phi) is 7.16. The van der Waals surface area contributed by atoms with Crippen molar-refractivity contribution in [3.05, 3.63) is 35.9 Å². The van der Waals surface area contributed by atoms with Gasteiger partial charge >= 0.3 is 0 Å². The lowest BCUT2D eigenvalue weighted by atomic mass is 9.83. The van der Waals surface area contributed by atoms with E-state index in [1.165, 1.54) is 0 Å². The number of halogens is 1. The van der Waals surface area contributed by atoms with E-state index in [9.17, 15) is 20.4 Å². The molecule has 1 unspecified atom stereocenters. The van der Waals surface area contributed by atoms with Crippen molar-refractivity contribution < 1.29 is 25.2 Å². The highest BCUT2D eigenvalue weighted by atomic mass is 127. The number of nitrogens with two attached hydrogens (primary N) is 1. The van der Waals surface area contributed by atoms with Crippen LogP contribution < -0.4 is 5.73 Å². The van der Waals surface area contributed by atoms with Crippen LogP contribution in [0.1, 0.15) is 11.5 Å². The minimum Gasteiger partial charge on any atom is -0.394 e. The Morgan fingerprint density at radius 2 is 1.73 bits per heavy atom. The second kappa shape index (κ2) is 8.18. The maximum atomic E-state index is 10.1. The summed E-state index contributed by atoms with van der Waals surface area (Å²) >= 11 is 0. The van der Waals surface area contributed by atoms with Crippen molar-refractivity contribution in [3.8, 4) is 0 Å². The fourth-order valence-electron chi connectivity index (χ4n) is 2.61. The number of hydrogen-bond acceptors (Lipinski definition) is 6. The van der Waals surface area contributed by atoms with Gasteiger partial charge in [-0.3, -0.25) is 5.41 Å². The average Bonchev–Trinajstić information content (AvgIpc) is 2.48. The monoisotopic (exact) mass is 424 g/mol. The lowest BCUT2D eigenvalue weighted by Gasteiger charge is -2.43. The Balaban J connectivity index is 0.00000242. The van der Waals surface area contributed by atoms with Gasteiger partial charge in [-0.05, 0) is 5.56 Å². The first-order valence-electron chi connectivity index (χ1n) is 6.66. The summed E-state index contributed by atoms with van der Waals surface area (Å²) in [5.74, 6) is -1.01. The van der Waals surface area contributed by atoms with Crippen molar-refractivity contribution >= 4 is 29.8 Å². The molecule has 1 aromatic carbocycles. The van der Waals surface area contributed by atoms with Crippen LogP contribution in [0.3, 0.4) is 0 Å². The molecular formula is C14H21IN2O5. The van der Waals surface area contributed by atoms with Gasteiger partial charge in [-0.2, -0.15) is 0 Å². The summed E-state index contributed by atoms with van der Waals surface area (Å²) in [4.78, 5) is 0.